The Labute approximate surface area is 213 Å². The van der Waals surface area contributed by atoms with Crippen LogP contribution in [0.15, 0.2) is 75.0 Å². The Hall–Kier alpha value is -3.78. The summed E-state index contributed by atoms with van der Waals surface area (Å²) in [6, 6.07) is 19.6. The fourth-order valence-electron chi connectivity index (χ4n) is 4.36. The molecule has 36 heavy (non-hydrogen) atoms. The van der Waals surface area contributed by atoms with E-state index >= 15 is 0 Å². The summed E-state index contributed by atoms with van der Waals surface area (Å²) in [5.74, 6) is 2.27. The van der Waals surface area contributed by atoms with Gasteiger partial charge in [-0.2, -0.15) is 4.98 Å². The van der Waals surface area contributed by atoms with Crippen LogP contribution < -0.4 is 14.4 Å². The largest absolute Gasteiger partial charge is 0.490 e. The Kier molecular flexibility index (Phi) is 5.89. The second-order valence-electron chi connectivity index (χ2n) is 8.64. The van der Waals surface area contributed by atoms with E-state index in [1.807, 2.05) is 79.4 Å². The van der Waals surface area contributed by atoms with Gasteiger partial charge in [0.2, 0.25) is 5.82 Å². The van der Waals surface area contributed by atoms with Crippen molar-refractivity contribution >= 4 is 23.4 Å². The van der Waals surface area contributed by atoms with Crippen molar-refractivity contribution in [3.63, 3.8) is 0 Å². The first-order chi connectivity index (χ1) is 17.7. The fourth-order valence-corrected chi connectivity index (χ4v) is 5.47. The van der Waals surface area contributed by atoms with E-state index in [0.717, 1.165) is 45.0 Å². The van der Waals surface area contributed by atoms with E-state index in [1.54, 1.807) is 11.8 Å². The van der Waals surface area contributed by atoms with Gasteiger partial charge in [0.1, 0.15) is 0 Å². The second kappa shape index (κ2) is 9.35. The molecule has 0 atom stereocenters. The maximum Gasteiger partial charge on any atom is 0.259 e. The van der Waals surface area contributed by atoms with Crippen molar-refractivity contribution in [1.29, 1.82) is 0 Å². The van der Waals surface area contributed by atoms with E-state index in [0.29, 0.717) is 36.4 Å². The van der Waals surface area contributed by atoms with E-state index < -0.39 is 0 Å². The minimum absolute atomic E-state index is 0.0644. The molecule has 1 aliphatic heterocycles. The molecule has 1 aliphatic carbocycles. The molecule has 182 valence electrons. The molecule has 0 spiro atoms. The van der Waals surface area contributed by atoms with Gasteiger partial charge in [-0.25, -0.2) is 0 Å². The van der Waals surface area contributed by atoms with Gasteiger partial charge in [-0.05, 0) is 75.2 Å². The lowest BCUT2D eigenvalue weighted by atomic mass is 10.1. The number of carbonyl (C=O) groups is 1. The number of rotatable bonds is 7. The lowest BCUT2D eigenvalue weighted by Gasteiger charge is -2.22. The Morgan fingerprint density at radius 3 is 2.53 bits per heavy atom. The number of fused-ring (bicyclic) bond motifs is 2. The number of aromatic nitrogens is 2. The molecule has 2 heterocycles. The molecule has 0 bridgehead atoms. The Morgan fingerprint density at radius 2 is 1.72 bits per heavy atom. The third-order valence-corrected chi connectivity index (χ3v) is 7.28. The van der Waals surface area contributed by atoms with Crippen LogP contribution in [0.3, 0.4) is 0 Å². The normalized spacial score (nSPS) is 14.7. The summed E-state index contributed by atoms with van der Waals surface area (Å²) in [5.41, 5.74) is 3.26. The van der Waals surface area contributed by atoms with E-state index in [1.165, 1.54) is 0 Å². The fraction of sp³-hybridized carbons (Fsp3) is 0.250. The number of hydrogen-bond donors (Lipinski definition) is 0. The van der Waals surface area contributed by atoms with Gasteiger partial charge in [0.05, 0.1) is 24.5 Å². The van der Waals surface area contributed by atoms with Crippen LogP contribution in [0, 0.1) is 0 Å². The van der Waals surface area contributed by atoms with Crippen LogP contribution in [0.5, 0.6) is 11.5 Å². The predicted octanol–water partition coefficient (Wildman–Crippen LogP) is 6.47. The summed E-state index contributed by atoms with van der Waals surface area (Å²) < 4.78 is 17.0. The Balaban J connectivity index is 1.36. The van der Waals surface area contributed by atoms with Crippen LogP contribution in [0.2, 0.25) is 0 Å². The van der Waals surface area contributed by atoms with Crippen molar-refractivity contribution < 1.29 is 18.8 Å². The van der Waals surface area contributed by atoms with Gasteiger partial charge >= 0.3 is 0 Å². The number of ether oxygens (including phenoxy) is 2. The van der Waals surface area contributed by atoms with Gasteiger partial charge in [0.25, 0.3) is 11.8 Å². The molecule has 4 aromatic rings. The molecule has 7 nitrogen and oxygen atoms in total. The number of benzene rings is 3. The van der Waals surface area contributed by atoms with E-state index in [4.69, 9.17) is 14.0 Å². The quantitative estimate of drug-likeness (QED) is 0.288. The van der Waals surface area contributed by atoms with Crippen molar-refractivity contribution in [2.24, 2.45) is 0 Å². The molecule has 8 heteroatoms. The maximum absolute atomic E-state index is 13.4. The highest BCUT2D eigenvalue weighted by Gasteiger charge is 2.38. The molecule has 6 rings (SSSR count). The summed E-state index contributed by atoms with van der Waals surface area (Å²) >= 11 is 1.60. The van der Waals surface area contributed by atoms with Crippen LogP contribution in [0.4, 0.5) is 5.69 Å². The molecule has 0 unspecified atom stereocenters. The van der Waals surface area contributed by atoms with E-state index in [9.17, 15) is 4.79 Å². The summed E-state index contributed by atoms with van der Waals surface area (Å²) in [6.45, 7) is 4.94. The third kappa shape index (κ3) is 4.11. The third-order valence-electron chi connectivity index (χ3n) is 6.16. The summed E-state index contributed by atoms with van der Waals surface area (Å²) in [4.78, 5) is 22.0. The number of carbonyl (C=O) groups excluding carboxylic acids is 1. The number of nitrogens with zero attached hydrogens (tertiary/aromatic N) is 3. The average Bonchev–Trinajstić information content (AvgIpc) is 3.62. The molecule has 1 fully saturated rings. The van der Waals surface area contributed by atoms with Crippen LogP contribution in [0.1, 0.15) is 37.0 Å². The first-order valence-corrected chi connectivity index (χ1v) is 13.0. The lowest BCUT2D eigenvalue weighted by Crippen LogP contribution is -2.32. The topological polar surface area (TPSA) is 77.7 Å². The van der Waals surface area contributed by atoms with Gasteiger partial charge < -0.3 is 18.9 Å². The molecule has 3 aromatic carbocycles. The minimum atomic E-state index is 0.0644. The van der Waals surface area contributed by atoms with Crippen LogP contribution in [-0.2, 0) is 0 Å². The number of anilines is 1. The van der Waals surface area contributed by atoms with Gasteiger partial charge in [-0.3, -0.25) is 4.79 Å². The van der Waals surface area contributed by atoms with Crippen molar-refractivity contribution in [3.05, 3.63) is 66.2 Å². The van der Waals surface area contributed by atoms with Gasteiger partial charge in [0.15, 0.2) is 11.5 Å². The smallest absolute Gasteiger partial charge is 0.259 e. The zero-order valence-corrected chi connectivity index (χ0v) is 20.9. The van der Waals surface area contributed by atoms with Crippen molar-refractivity contribution in [2.45, 2.75) is 42.5 Å². The highest BCUT2D eigenvalue weighted by molar-refractivity contribution is 7.99. The van der Waals surface area contributed by atoms with Crippen molar-refractivity contribution in [2.75, 3.05) is 18.1 Å². The van der Waals surface area contributed by atoms with Gasteiger partial charge in [-0.15, -0.1) is 0 Å². The zero-order chi connectivity index (χ0) is 24.6. The average molecular weight is 500 g/mol. The summed E-state index contributed by atoms with van der Waals surface area (Å²) in [5, 5.41) is 4.25. The maximum atomic E-state index is 13.4. The molecular weight excluding hydrogens is 474 g/mol. The van der Waals surface area contributed by atoms with Crippen LogP contribution in [0.25, 0.3) is 22.8 Å². The SMILES string of the molecule is CCOc1ccc(-c2nc(-c3ccc4c(c3)Sc3ccccc3C(=O)N4C3CC3)no2)cc1OCC. The lowest BCUT2D eigenvalue weighted by molar-refractivity contribution is 0.0982. The molecule has 0 radical (unpaired) electrons. The van der Waals surface area contributed by atoms with Crippen molar-refractivity contribution in [3.8, 4) is 34.3 Å². The van der Waals surface area contributed by atoms with Crippen LogP contribution in [-0.4, -0.2) is 35.3 Å². The number of amides is 1. The molecule has 1 aromatic heterocycles. The first kappa shape index (κ1) is 22.7. The van der Waals surface area contributed by atoms with E-state index in [-0.39, 0.29) is 11.9 Å². The molecular formula is C28H25N3O4S. The highest BCUT2D eigenvalue weighted by Crippen LogP contribution is 2.46. The molecule has 2 aliphatic rings. The Bertz CT molecular complexity index is 1450. The standard InChI is InChI=1S/C28H25N3O4S/c1-3-33-22-14-10-18(15-23(22)34-4-2)27-29-26(30-35-27)17-9-13-21-25(16-17)36-24-8-6-5-7-20(24)28(32)31(21)19-11-12-19/h5-10,13-16,19H,3-4,11-12H2,1-2H3. The zero-order valence-electron chi connectivity index (χ0n) is 20.1. The predicted molar refractivity (Wildman–Crippen MR) is 138 cm³/mol. The molecule has 1 saturated carbocycles. The second-order valence-corrected chi connectivity index (χ2v) is 9.72. The van der Waals surface area contributed by atoms with Gasteiger partial charge in [0, 0.05) is 27.0 Å². The van der Waals surface area contributed by atoms with Crippen molar-refractivity contribution in [1.82, 2.24) is 10.1 Å². The van der Waals surface area contributed by atoms with Gasteiger partial charge in [-0.1, -0.05) is 29.1 Å². The first-order valence-electron chi connectivity index (χ1n) is 12.1. The molecule has 1 amide bonds. The number of hydrogen-bond acceptors (Lipinski definition) is 7. The van der Waals surface area contributed by atoms with E-state index in [2.05, 4.69) is 10.1 Å². The minimum Gasteiger partial charge on any atom is -0.490 e. The monoisotopic (exact) mass is 499 g/mol. The molecule has 0 saturated heterocycles. The summed E-state index contributed by atoms with van der Waals surface area (Å²) in [6.07, 6.45) is 2.06. The van der Waals surface area contributed by atoms with Crippen LogP contribution >= 0.6 is 11.8 Å². The Morgan fingerprint density at radius 1 is 0.944 bits per heavy atom. The molecule has 0 N–H and O–H groups in total. The summed E-state index contributed by atoms with van der Waals surface area (Å²) in [7, 11) is 0. The highest BCUT2D eigenvalue weighted by atomic mass is 32.2.